The van der Waals surface area contributed by atoms with Crippen LogP contribution in [-0.2, 0) is 0 Å². The highest BCUT2D eigenvalue weighted by molar-refractivity contribution is 5.51. The standard InChI is InChI=1S/C12H18N2/c1-9-7-14(8-9)12-5-3-4-11(6-12)10(2)13/h3-6,9-10H,7-8,13H2,1-2H3. The van der Waals surface area contributed by atoms with Gasteiger partial charge in [0, 0.05) is 24.8 Å². The Morgan fingerprint density at radius 2 is 2.14 bits per heavy atom. The van der Waals surface area contributed by atoms with E-state index in [9.17, 15) is 0 Å². The number of rotatable bonds is 2. The summed E-state index contributed by atoms with van der Waals surface area (Å²) in [4.78, 5) is 2.40. The van der Waals surface area contributed by atoms with Gasteiger partial charge in [0.15, 0.2) is 0 Å². The summed E-state index contributed by atoms with van der Waals surface area (Å²) in [5.74, 6) is 0.842. The lowest BCUT2D eigenvalue weighted by atomic mass is 10.0. The molecule has 14 heavy (non-hydrogen) atoms. The molecule has 1 unspecified atom stereocenters. The SMILES string of the molecule is CC1CN(c2cccc(C(C)N)c2)C1. The molecular weight excluding hydrogens is 172 g/mol. The second-order valence-electron chi connectivity index (χ2n) is 4.39. The monoisotopic (exact) mass is 190 g/mol. The van der Waals surface area contributed by atoms with Gasteiger partial charge in [-0.05, 0) is 30.5 Å². The van der Waals surface area contributed by atoms with Crippen LogP contribution in [0.4, 0.5) is 5.69 Å². The van der Waals surface area contributed by atoms with Crippen LogP contribution < -0.4 is 10.6 Å². The van der Waals surface area contributed by atoms with Crippen LogP contribution in [0.3, 0.4) is 0 Å². The van der Waals surface area contributed by atoms with Crippen molar-refractivity contribution in [2.45, 2.75) is 19.9 Å². The molecular formula is C12H18N2. The Hall–Kier alpha value is -1.02. The third-order valence-corrected chi connectivity index (χ3v) is 2.83. The van der Waals surface area contributed by atoms with Crippen LogP contribution in [0.2, 0.25) is 0 Å². The van der Waals surface area contributed by atoms with E-state index < -0.39 is 0 Å². The molecule has 2 N–H and O–H groups in total. The number of nitrogens with two attached hydrogens (primary N) is 1. The van der Waals surface area contributed by atoms with Crippen molar-refractivity contribution in [2.24, 2.45) is 11.7 Å². The fraction of sp³-hybridized carbons (Fsp3) is 0.500. The highest BCUT2D eigenvalue weighted by atomic mass is 15.2. The number of anilines is 1. The van der Waals surface area contributed by atoms with Gasteiger partial charge in [0.05, 0.1) is 0 Å². The molecule has 0 aliphatic carbocycles. The van der Waals surface area contributed by atoms with E-state index in [1.54, 1.807) is 0 Å². The number of benzene rings is 1. The summed E-state index contributed by atoms with van der Waals surface area (Å²) < 4.78 is 0. The topological polar surface area (TPSA) is 29.3 Å². The first-order valence-electron chi connectivity index (χ1n) is 5.27. The molecule has 0 spiro atoms. The lowest BCUT2D eigenvalue weighted by molar-refractivity contribution is 0.447. The van der Waals surface area contributed by atoms with Gasteiger partial charge >= 0.3 is 0 Å². The molecule has 1 saturated heterocycles. The van der Waals surface area contributed by atoms with Crippen LogP contribution in [0, 0.1) is 5.92 Å². The molecule has 0 radical (unpaired) electrons. The molecule has 1 aromatic carbocycles. The van der Waals surface area contributed by atoms with Gasteiger partial charge in [-0.25, -0.2) is 0 Å². The molecule has 0 amide bonds. The van der Waals surface area contributed by atoms with E-state index in [0.717, 1.165) is 5.92 Å². The maximum atomic E-state index is 5.85. The first kappa shape index (κ1) is 9.53. The Bertz CT molecular complexity index is 314. The van der Waals surface area contributed by atoms with E-state index in [2.05, 4.69) is 36.1 Å². The first-order chi connectivity index (χ1) is 6.66. The van der Waals surface area contributed by atoms with E-state index in [1.165, 1.54) is 24.3 Å². The molecule has 1 fully saturated rings. The molecule has 1 aliphatic rings. The fourth-order valence-electron chi connectivity index (χ4n) is 1.91. The van der Waals surface area contributed by atoms with E-state index in [-0.39, 0.29) is 6.04 Å². The first-order valence-corrected chi connectivity index (χ1v) is 5.27. The fourth-order valence-corrected chi connectivity index (χ4v) is 1.91. The van der Waals surface area contributed by atoms with Crippen molar-refractivity contribution in [3.05, 3.63) is 29.8 Å². The molecule has 2 nitrogen and oxygen atoms in total. The molecule has 2 rings (SSSR count). The maximum absolute atomic E-state index is 5.85. The van der Waals surface area contributed by atoms with Crippen molar-refractivity contribution in [2.75, 3.05) is 18.0 Å². The zero-order valence-corrected chi connectivity index (χ0v) is 8.90. The molecule has 0 bridgehead atoms. The van der Waals surface area contributed by atoms with Crippen LogP contribution in [0.1, 0.15) is 25.5 Å². The lowest BCUT2D eigenvalue weighted by Crippen LogP contribution is -2.45. The predicted molar refractivity (Wildman–Crippen MR) is 60.4 cm³/mol. The minimum atomic E-state index is 0.133. The molecule has 1 aromatic rings. The van der Waals surface area contributed by atoms with Crippen molar-refractivity contribution < 1.29 is 0 Å². The van der Waals surface area contributed by atoms with Gasteiger partial charge in [-0.2, -0.15) is 0 Å². The number of hydrogen-bond acceptors (Lipinski definition) is 2. The molecule has 1 aliphatic heterocycles. The summed E-state index contributed by atoms with van der Waals surface area (Å²) in [6.07, 6.45) is 0. The number of hydrogen-bond donors (Lipinski definition) is 1. The number of nitrogens with zero attached hydrogens (tertiary/aromatic N) is 1. The van der Waals surface area contributed by atoms with Crippen molar-refractivity contribution in [1.29, 1.82) is 0 Å². The van der Waals surface area contributed by atoms with Gasteiger partial charge in [-0.3, -0.25) is 0 Å². The van der Waals surface area contributed by atoms with Crippen LogP contribution in [-0.4, -0.2) is 13.1 Å². The molecule has 2 heteroatoms. The second kappa shape index (κ2) is 3.62. The van der Waals surface area contributed by atoms with Crippen LogP contribution in [0.25, 0.3) is 0 Å². The van der Waals surface area contributed by atoms with Crippen molar-refractivity contribution in [1.82, 2.24) is 0 Å². The Labute approximate surface area is 85.7 Å². The Kier molecular flexibility index (Phi) is 2.46. The minimum Gasteiger partial charge on any atom is -0.371 e. The highest BCUT2D eigenvalue weighted by Gasteiger charge is 2.22. The van der Waals surface area contributed by atoms with Crippen molar-refractivity contribution >= 4 is 5.69 Å². The quantitative estimate of drug-likeness (QED) is 0.774. The third-order valence-electron chi connectivity index (χ3n) is 2.83. The average Bonchev–Trinajstić information content (AvgIpc) is 2.13. The second-order valence-corrected chi connectivity index (χ2v) is 4.39. The summed E-state index contributed by atoms with van der Waals surface area (Å²) in [6, 6.07) is 8.69. The summed E-state index contributed by atoms with van der Waals surface area (Å²) >= 11 is 0. The average molecular weight is 190 g/mol. The van der Waals surface area contributed by atoms with Gasteiger partial charge in [0.2, 0.25) is 0 Å². The lowest BCUT2D eigenvalue weighted by Gasteiger charge is -2.39. The van der Waals surface area contributed by atoms with E-state index in [1.807, 2.05) is 6.92 Å². The van der Waals surface area contributed by atoms with Crippen molar-refractivity contribution in [3.63, 3.8) is 0 Å². The van der Waals surface area contributed by atoms with Gasteiger partial charge < -0.3 is 10.6 Å². The van der Waals surface area contributed by atoms with E-state index >= 15 is 0 Å². The van der Waals surface area contributed by atoms with E-state index in [0.29, 0.717) is 0 Å². The minimum absolute atomic E-state index is 0.133. The Morgan fingerprint density at radius 1 is 1.43 bits per heavy atom. The third kappa shape index (κ3) is 1.75. The maximum Gasteiger partial charge on any atom is 0.0369 e. The summed E-state index contributed by atoms with van der Waals surface area (Å²) in [5.41, 5.74) is 8.39. The molecule has 1 heterocycles. The zero-order chi connectivity index (χ0) is 10.1. The smallest absolute Gasteiger partial charge is 0.0369 e. The molecule has 1 atom stereocenters. The molecule has 76 valence electrons. The Morgan fingerprint density at radius 3 is 2.71 bits per heavy atom. The van der Waals surface area contributed by atoms with Gasteiger partial charge in [-0.15, -0.1) is 0 Å². The van der Waals surface area contributed by atoms with Gasteiger partial charge in [0.25, 0.3) is 0 Å². The van der Waals surface area contributed by atoms with Gasteiger partial charge in [-0.1, -0.05) is 19.1 Å². The van der Waals surface area contributed by atoms with Crippen LogP contribution >= 0.6 is 0 Å². The molecule has 0 saturated carbocycles. The zero-order valence-electron chi connectivity index (χ0n) is 8.90. The molecule has 0 aromatic heterocycles. The van der Waals surface area contributed by atoms with Gasteiger partial charge in [0.1, 0.15) is 0 Å². The largest absolute Gasteiger partial charge is 0.371 e. The highest BCUT2D eigenvalue weighted by Crippen LogP contribution is 2.26. The van der Waals surface area contributed by atoms with Crippen LogP contribution in [0.15, 0.2) is 24.3 Å². The predicted octanol–water partition coefficient (Wildman–Crippen LogP) is 2.16. The van der Waals surface area contributed by atoms with E-state index in [4.69, 9.17) is 5.73 Å². The Balaban J connectivity index is 2.14. The van der Waals surface area contributed by atoms with Crippen LogP contribution in [0.5, 0.6) is 0 Å². The summed E-state index contributed by atoms with van der Waals surface area (Å²) in [5, 5.41) is 0. The summed E-state index contributed by atoms with van der Waals surface area (Å²) in [7, 11) is 0. The normalized spacial score (nSPS) is 19.2. The summed E-state index contributed by atoms with van der Waals surface area (Å²) in [6.45, 7) is 6.68. The van der Waals surface area contributed by atoms with Crippen molar-refractivity contribution in [3.8, 4) is 0 Å².